The minimum atomic E-state index is -0.192. The Morgan fingerprint density at radius 3 is 1.19 bits per heavy atom. The van der Waals surface area contributed by atoms with E-state index in [1.807, 2.05) is 22.7 Å². The SMILES string of the molecule is CC1(C)c2cc(-c3cccc4sc5ccccc5c34)ccc2-c2c1c1c(c3ccccc23)-c2ccc(-c3cccc4sc5ccccc5c34)cc2C1(C)C. The Balaban J connectivity index is 1.08. The van der Waals surface area contributed by atoms with Crippen LogP contribution in [0.3, 0.4) is 0 Å². The van der Waals surface area contributed by atoms with Gasteiger partial charge in [-0.15, -0.1) is 22.7 Å². The summed E-state index contributed by atoms with van der Waals surface area (Å²) in [5.41, 5.74) is 16.3. The quantitative estimate of drug-likeness (QED) is 0.167. The zero-order chi connectivity index (χ0) is 36.1. The van der Waals surface area contributed by atoms with Crippen molar-refractivity contribution in [3.8, 4) is 44.5 Å². The molecule has 0 fully saturated rings. The van der Waals surface area contributed by atoms with Gasteiger partial charge in [0.25, 0.3) is 0 Å². The summed E-state index contributed by atoms with van der Waals surface area (Å²) in [5.74, 6) is 0. The fraction of sp³-hybridized carbons (Fsp3) is 0.115. The molecule has 0 unspecified atom stereocenters. The Hall–Kier alpha value is -5.54. The average Bonchev–Trinajstić information content (AvgIpc) is 3.90. The van der Waals surface area contributed by atoms with E-state index in [4.69, 9.17) is 0 Å². The van der Waals surface area contributed by atoms with Crippen molar-refractivity contribution in [1.29, 1.82) is 0 Å². The second-order valence-corrected chi connectivity index (χ2v) is 18.5. The van der Waals surface area contributed by atoms with Crippen molar-refractivity contribution in [2.75, 3.05) is 0 Å². The molecule has 2 aromatic heterocycles. The van der Waals surface area contributed by atoms with Crippen molar-refractivity contribution in [1.82, 2.24) is 0 Å². The van der Waals surface area contributed by atoms with Crippen LogP contribution in [0.4, 0.5) is 0 Å². The van der Waals surface area contributed by atoms with E-state index in [1.54, 1.807) is 0 Å². The molecule has 0 amide bonds. The molecule has 10 aromatic rings. The van der Waals surface area contributed by atoms with E-state index in [-0.39, 0.29) is 10.8 Å². The number of thiophene rings is 2. The zero-order valence-electron chi connectivity index (χ0n) is 30.7. The zero-order valence-corrected chi connectivity index (χ0v) is 32.3. The maximum Gasteiger partial charge on any atom is 0.0361 e. The van der Waals surface area contributed by atoms with Gasteiger partial charge in [0.1, 0.15) is 0 Å². The van der Waals surface area contributed by atoms with Crippen LogP contribution in [0.5, 0.6) is 0 Å². The monoisotopic (exact) mass is 724 g/mol. The molecule has 0 nitrogen and oxygen atoms in total. The largest absolute Gasteiger partial charge is 0.135 e. The number of benzene rings is 8. The van der Waals surface area contributed by atoms with Gasteiger partial charge < -0.3 is 0 Å². The van der Waals surface area contributed by atoms with Gasteiger partial charge in [-0.05, 0) is 114 Å². The molecule has 0 radical (unpaired) electrons. The summed E-state index contributed by atoms with van der Waals surface area (Å²) < 4.78 is 5.40. The Kier molecular flexibility index (Phi) is 6.04. The molecule has 8 aromatic carbocycles. The predicted molar refractivity (Wildman–Crippen MR) is 236 cm³/mol. The van der Waals surface area contributed by atoms with Crippen LogP contribution in [0.25, 0.3) is 95.6 Å². The molecule has 0 N–H and O–H groups in total. The third kappa shape index (κ3) is 3.87. The third-order valence-electron chi connectivity index (χ3n) is 12.8. The van der Waals surface area contributed by atoms with E-state index in [0.717, 1.165) is 0 Å². The summed E-state index contributed by atoms with van der Waals surface area (Å²) in [4.78, 5) is 0. The first kappa shape index (κ1) is 30.9. The van der Waals surface area contributed by atoms with Crippen molar-refractivity contribution < 1.29 is 0 Å². The molecule has 0 atom stereocenters. The normalized spacial score (nSPS) is 15.0. The molecule has 0 saturated heterocycles. The fourth-order valence-corrected chi connectivity index (χ4v) is 12.7. The van der Waals surface area contributed by atoms with E-state index in [9.17, 15) is 0 Å². The highest BCUT2D eigenvalue weighted by molar-refractivity contribution is 7.26. The molecular weight excluding hydrogens is 689 g/mol. The minimum Gasteiger partial charge on any atom is -0.135 e. The van der Waals surface area contributed by atoms with Crippen LogP contribution in [-0.2, 0) is 10.8 Å². The molecule has 0 bridgehead atoms. The lowest BCUT2D eigenvalue weighted by Gasteiger charge is -2.31. The van der Waals surface area contributed by atoms with Crippen molar-refractivity contribution in [3.05, 3.63) is 168 Å². The summed E-state index contributed by atoms with van der Waals surface area (Å²) in [6, 6.07) is 55.3. The van der Waals surface area contributed by atoms with Crippen LogP contribution in [-0.4, -0.2) is 0 Å². The maximum absolute atomic E-state index is 2.52. The van der Waals surface area contributed by atoms with E-state index >= 15 is 0 Å². The van der Waals surface area contributed by atoms with Crippen molar-refractivity contribution in [2.24, 2.45) is 0 Å². The lowest BCUT2D eigenvalue weighted by molar-refractivity contribution is 0.602. The van der Waals surface area contributed by atoms with Gasteiger partial charge >= 0.3 is 0 Å². The number of rotatable bonds is 2. The van der Waals surface area contributed by atoms with Crippen LogP contribution >= 0.6 is 22.7 Å². The highest BCUT2D eigenvalue weighted by Crippen LogP contribution is 2.62. The van der Waals surface area contributed by atoms with Gasteiger partial charge in [-0.2, -0.15) is 0 Å². The Morgan fingerprint density at radius 1 is 0.352 bits per heavy atom. The first-order chi connectivity index (χ1) is 26.3. The molecule has 2 aliphatic rings. The molecule has 0 aliphatic heterocycles. The molecule has 2 heterocycles. The topological polar surface area (TPSA) is 0 Å². The van der Waals surface area contributed by atoms with Crippen LogP contribution < -0.4 is 0 Å². The van der Waals surface area contributed by atoms with Gasteiger partial charge in [0, 0.05) is 51.2 Å². The van der Waals surface area contributed by atoms with Crippen LogP contribution in [0.15, 0.2) is 146 Å². The second-order valence-electron chi connectivity index (χ2n) is 16.4. The minimum absolute atomic E-state index is 0.192. The Labute approximate surface area is 323 Å². The summed E-state index contributed by atoms with van der Waals surface area (Å²) in [7, 11) is 0. The number of hydrogen-bond acceptors (Lipinski definition) is 2. The molecule has 2 aliphatic carbocycles. The van der Waals surface area contributed by atoms with E-state index < -0.39 is 0 Å². The van der Waals surface area contributed by atoms with Crippen molar-refractivity contribution >= 4 is 73.8 Å². The molecule has 256 valence electrons. The van der Waals surface area contributed by atoms with Gasteiger partial charge in [-0.1, -0.05) is 137 Å². The summed E-state index contributed by atoms with van der Waals surface area (Å²) >= 11 is 3.79. The van der Waals surface area contributed by atoms with E-state index in [2.05, 4.69) is 173 Å². The first-order valence-corrected chi connectivity index (χ1v) is 20.6. The van der Waals surface area contributed by atoms with Crippen LogP contribution in [0, 0.1) is 0 Å². The standard InChI is InChI=1S/C52H36S2/c1-51(2)39-27-29(31-17-11-21-43-45(31)37-15-7-9-19-41(37)53-43)23-25-35(39)47-33-13-5-6-14-34(33)48-36-26-24-30(28-40(36)52(3,4)50(48)49(47)51)32-18-12-22-44-46(32)38-16-8-10-20-42(38)54-44/h5-28H,1-4H3. The maximum atomic E-state index is 2.52. The molecule has 0 spiro atoms. The van der Waals surface area contributed by atoms with Gasteiger partial charge in [0.15, 0.2) is 0 Å². The number of fused-ring (bicyclic) bond motifs is 16. The number of hydrogen-bond donors (Lipinski definition) is 0. The summed E-state index contributed by atoms with van der Waals surface area (Å²) in [6.45, 7) is 9.90. The van der Waals surface area contributed by atoms with Crippen LogP contribution in [0.1, 0.15) is 49.9 Å². The Bertz CT molecular complexity index is 3050. The van der Waals surface area contributed by atoms with Gasteiger partial charge in [0.2, 0.25) is 0 Å². The predicted octanol–water partition coefficient (Wildman–Crippen LogP) is 15.5. The lowest BCUT2D eigenvalue weighted by Crippen LogP contribution is -2.24. The summed E-state index contributed by atoms with van der Waals surface area (Å²) in [5, 5.41) is 8.16. The molecule has 12 rings (SSSR count). The van der Waals surface area contributed by atoms with Gasteiger partial charge in [-0.25, -0.2) is 0 Å². The highest BCUT2D eigenvalue weighted by atomic mass is 32.1. The van der Waals surface area contributed by atoms with Crippen molar-refractivity contribution in [2.45, 2.75) is 38.5 Å². The molecule has 0 saturated carbocycles. The van der Waals surface area contributed by atoms with E-state index in [0.29, 0.717) is 0 Å². The fourth-order valence-electron chi connectivity index (χ4n) is 10.4. The van der Waals surface area contributed by atoms with Gasteiger partial charge in [-0.3, -0.25) is 0 Å². The summed E-state index contributed by atoms with van der Waals surface area (Å²) in [6.07, 6.45) is 0. The smallest absolute Gasteiger partial charge is 0.0361 e. The third-order valence-corrected chi connectivity index (χ3v) is 15.1. The van der Waals surface area contributed by atoms with Crippen molar-refractivity contribution in [3.63, 3.8) is 0 Å². The molecule has 2 heteroatoms. The van der Waals surface area contributed by atoms with E-state index in [1.165, 1.54) is 118 Å². The first-order valence-electron chi connectivity index (χ1n) is 19.0. The van der Waals surface area contributed by atoms with Crippen LogP contribution in [0.2, 0.25) is 0 Å². The Morgan fingerprint density at radius 2 is 0.741 bits per heavy atom. The van der Waals surface area contributed by atoms with Gasteiger partial charge in [0.05, 0.1) is 0 Å². The highest BCUT2D eigenvalue weighted by Gasteiger charge is 2.47. The molecule has 54 heavy (non-hydrogen) atoms. The lowest BCUT2D eigenvalue weighted by atomic mass is 9.71. The second kappa shape index (κ2) is 10.6. The molecular formula is C52H36S2. The average molecular weight is 725 g/mol.